The fourth-order valence-corrected chi connectivity index (χ4v) is 1.27. The summed E-state index contributed by atoms with van der Waals surface area (Å²) in [5.74, 6) is 0. The molecule has 3 rings (SSSR count). The van der Waals surface area contributed by atoms with Gasteiger partial charge in [0.05, 0.1) is 12.4 Å². The molecule has 0 amide bonds. The van der Waals surface area contributed by atoms with Crippen LogP contribution in [0.15, 0.2) is 24.8 Å². The van der Waals surface area contributed by atoms with Crippen molar-refractivity contribution >= 4 is 16.8 Å². The summed E-state index contributed by atoms with van der Waals surface area (Å²) in [6, 6.07) is 0. The van der Waals surface area contributed by atoms with Gasteiger partial charge in [-0.05, 0) is 0 Å². The van der Waals surface area contributed by atoms with Gasteiger partial charge in [0, 0.05) is 12.4 Å². The SMILES string of the molecule is c1cn2c(cnc3cn[nH]c32)n1. The lowest BCUT2D eigenvalue weighted by atomic mass is 10.5. The molecule has 0 aromatic carbocycles. The van der Waals surface area contributed by atoms with E-state index in [4.69, 9.17) is 0 Å². The normalized spacial score (nSPS) is 11.3. The molecule has 3 aromatic heterocycles. The van der Waals surface area contributed by atoms with Gasteiger partial charge in [-0.1, -0.05) is 0 Å². The highest BCUT2D eigenvalue weighted by molar-refractivity contribution is 5.71. The molecule has 0 aliphatic heterocycles. The monoisotopic (exact) mass is 159 g/mol. The summed E-state index contributed by atoms with van der Waals surface area (Å²) in [5.41, 5.74) is 2.55. The highest BCUT2D eigenvalue weighted by Crippen LogP contribution is 2.08. The standard InChI is InChI=1S/C7H5N5/c1-2-12-6(8-1)4-9-5-3-10-11-7(5)12/h1-4H,(H,10,11). The molecule has 0 aliphatic rings. The van der Waals surface area contributed by atoms with Crippen LogP contribution in [0.2, 0.25) is 0 Å². The van der Waals surface area contributed by atoms with Crippen LogP contribution in [0.5, 0.6) is 0 Å². The molecule has 0 fully saturated rings. The molecule has 1 N–H and O–H groups in total. The van der Waals surface area contributed by atoms with Crippen molar-refractivity contribution in [1.29, 1.82) is 0 Å². The lowest BCUT2D eigenvalue weighted by Crippen LogP contribution is -1.87. The number of aromatic amines is 1. The Morgan fingerprint density at radius 1 is 1.25 bits per heavy atom. The van der Waals surface area contributed by atoms with E-state index >= 15 is 0 Å². The number of hydrogen-bond acceptors (Lipinski definition) is 3. The summed E-state index contributed by atoms with van der Waals surface area (Å²) in [6.45, 7) is 0. The number of fused-ring (bicyclic) bond motifs is 3. The van der Waals surface area contributed by atoms with E-state index in [0.29, 0.717) is 0 Å². The predicted octanol–water partition coefficient (Wildman–Crippen LogP) is 0.606. The van der Waals surface area contributed by atoms with Gasteiger partial charge in [0.1, 0.15) is 5.52 Å². The van der Waals surface area contributed by atoms with Crippen molar-refractivity contribution in [2.75, 3.05) is 0 Å². The minimum atomic E-state index is 0.826. The van der Waals surface area contributed by atoms with Crippen LogP contribution in [0.4, 0.5) is 0 Å². The molecule has 3 heterocycles. The number of hydrogen-bond donors (Lipinski definition) is 1. The fraction of sp³-hybridized carbons (Fsp3) is 0. The summed E-state index contributed by atoms with van der Waals surface area (Å²) in [4.78, 5) is 8.27. The van der Waals surface area contributed by atoms with E-state index in [1.165, 1.54) is 0 Å². The highest BCUT2D eigenvalue weighted by atomic mass is 15.2. The summed E-state index contributed by atoms with van der Waals surface area (Å²) in [5, 5.41) is 6.75. The second kappa shape index (κ2) is 1.82. The molecular formula is C7H5N5. The first-order chi connectivity index (χ1) is 5.95. The first-order valence-corrected chi connectivity index (χ1v) is 3.56. The Morgan fingerprint density at radius 2 is 2.25 bits per heavy atom. The van der Waals surface area contributed by atoms with Crippen molar-refractivity contribution in [2.45, 2.75) is 0 Å². The molecular weight excluding hydrogens is 154 g/mol. The summed E-state index contributed by atoms with van der Waals surface area (Å²) >= 11 is 0. The fourth-order valence-electron chi connectivity index (χ4n) is 1.27. The maximum Gasteiger partial charge on any atom is 0.160 e. The van der Waals surface area contributed by atoms with Crippen molar-refractivity contribution in [2.24, 2.45) is 0 Å². The maximum absolute atomic E-state index is 4.16. The number of rotatable bonds is 0. The van der Waals surface area contributed by atoms with E-state index in [1.54, 1.807) is 18.6 Å². The Hall–Kier alpha value is -1.91. The van der Waals surface area contributed by atoms with Crippen LogP contribution in [0.3, 0.4) is 0 Å². The molecule has 0 saturated carbocycles. The topological polar surface area (TPSA) is 58.9 Å². The van der Waals surface area contributed by atoms with Gasteiger partial charge in [-0.2, -0.15) is 5.10 Å². The molecule has 5 nitrogen and oxygen atoms in total. The second-order valence-corrected chi connectivity index (χ2v) is 2.52. The molecule has 58 valence electrons. The molecule has 5 heteroatoms. The third kappa shape index (κ3) is 0.554. The Balaban J connectivity index is 2.71. The van der Waals surface area contributed by atoms with Crippen LogP contribution in [0.1, 0.15) is 0 Å². The molecule has 0 atom stereocenters. The summed E-state index contributed by atoms with van der Waals surface area (Å²) in [6.07, 6.45) is 7.02. The van der Waals surface area contributed by atoms with Crippen LogP contribution in [-0.4, -0.2) is 24.6 Å². The van der Waals surface area contributed by atoms with Crippen LogP contribution < -0.4 is 0 Å². The molecule has 0 bridgehead atoms. The van der Waals surface area contributed by atoms with E-state index in [1.807, 2.05) is 10.6 Å². The zero-order valence-electron chi connectivity index (χ0n) is 6.10. The number of nitrogens with one attached hydrogen (secondary N) is 1. The number of H-pyrrole nitrogens is 1. The lowest BCUT2D eigenvalue weighted by molar-refractivity contribution is 1.07. The van der Waals surface area contributed by atoms with E-state index in [-0.39, 0.29) is 0 Å². The van der Waals surface area contributed by atoms with Gasteiger partial charge in [-0.3, -0.25) is 9.50 Å². The number of aromatic nitrogens is 5. The maximum atomic E-state index is 4.16. The smallest absolute Gasteiger partial charge is 0.160 e. The lowest BCUT2D eigenvalue weighted by Gasteiger charge is -1.92. The van der Waals surface area contributed by atoms with E-state index in [2.05, 4.69) is 20.2 Å². The third-order valence-electron chi connectivity index (χ3n) is 1.83. The van der Waals surface area contributed by atoms with Gasteiger partial charge in [-0.25, -0.2) is 9.97 Å². The van der Waals surface area contributed by atoms with Gasteiger partial charge in [-0.15, -0.1) is 0 Å². The van der Waals surface area contributed by atoms with Gasteiger partial charge in [0.15, 0.2) is 11.3 Å². The van der Waals surface area contributed by atoms with Gasteiger partial charge in [0.25, 0.3) is 0 Å². The zero-order valence-corrected chi connectivity index (χ0v) is 6.10. The average Bonchev–Trinajstić information content (AvgIpc) is 2.71. The van der Waals surface area contributed by atoms with Crippen molar-refractivity contribution in [3.05, 3.63) is 24.8 Å². The van der Waals surface area contributed by atoms with Crippen molar-refractivity contribution < 1.29 is 0 Å². The first-order valence-electron chi connectivity index (χ1n) is 3.56. The minimum absolute atomic E-state index is 0.826. The highest BCUT2D eigenvalue weighted by Gasteiger charge is 2.01. The molecule has 0 aliphatic carbocycles. The summed E-state index contributed by atoms with van der Waals surface area (Å²) in [7, 11) is 0. The van der Waals surface area contributed by atoms with Crippen molar-refractivity contribution in [1.82, 2.24) is 24.6 Å². The van der Waals surface area contributed by atoms with Crippen LogP contribution >= 0.6 is 0 Å². The number of imidazole rings is 1. The van der Waals surface area contributed by atoms with Crippen LogP contribution in [-0.2, 0) is 0 Å². The average molecular weight is 159 g/mol. The van der Waals surface area contributed by atoms with E-state index < -0.39 is 0 Å². The molecule has 3 aromatic rings. The van der Waals surface area contributed by atoms with Gasteiger partial charge < -0.3 is 0 Å². The first kappa shape index (κ1) is 5.70. The molecule has 12 heavy (non-hydrogen) atoms. The predicted molar refractivity (Wildman–Crippen MR) is 42.6 cm³/mol. The van der Waals surface area contributed by atoms with Crippen molar-refractivity contribution in [3.8, 4) is 0 Å². The van der Waals surface area contributed by atoms with E-state index in [0.717, 1.165) is 16.8 Å². The minimum Gasteiger partial charge on any atom is -0.282 e. The molecule has 0 saturated heterocycles. The van der Waals surface area contributed by atoms with Gasteiger partial charge in [0.2, 0.25) is 0 Å². The number of nitrogens with zero attached hydrogens (tertiary/aromatic N) is 4. The van der Waals surface area contributed by atoms with Crippen LogP contribution in [0.25, 0.3) is 16.8 Å². The largest absolute Gasteiger partial charge is 0.282 e. The second-order valence-electron chi connectivity index (χ2n) is 2.52. The van der Waals surface area contributed by atoms with Crippen molar-refractivity contribution in [3.63, 3.8) is 0 Å². The summed E-state index contributed by atoms with van der Waals surface area (Å²) < 4.78 is 1.91. The quantitative estimate of drug-likeness (QED) is 0.522. The van der Waals surface area contributed by atoms with E-state index in [9.17, 15) is 0 Å². The van der Waals surface area contributed by atoms with Crippen LogP contribution in [0, 0.1) is 0 Å². The molecule has 0 radical (unpaired) electrons. The third-order valence-corrected chi connectivity index (χ3v) is 1.83. The molecule has 0 unspecified atom stereocenters. The Morgan fingerprint density at radius 3 is 3.25 bits per heavy atom. The Labute approximate surface area is 67.1 Å². The Kier molecular flexibility index (Phi) is 0.864. The Bertz CT molecular complexity index is 485. The molecule has 0 spiro atoms. The van der Waals surface area contributed by atoms with Gasteiger partial charge >= 0.3 is 0 Å². The zero-order chi connectivity index (χ0) is 7.97.